The van der Waals surface area contributed by atoms with Crippen LogP contribution in [-0.2, 0) is 19.4 Å². The van der Waals surface area contributed by atoms with Gasteiger partial charge in [0.1, 0.15) is 0 Å². The molecule has 1 aromatic carbocycles. The largest absolute Gasteiger partial charge is 0.376 e. The lowest BCUT2D eigenvalue weighted by Crippen LogP contribution is -2.39. The van der Waals surface area contributed by atoms with Crippen molar-refractivity contribution in [1.82, 2.24) is 5.32 Å². The summed E-state index contributed by atoms with van der Waals surface area (Å²) < 4.78 is 22.8. The van der Waals surface area contributed by atoms with E-state index in [1.165, 1.54) is 0 Å². The number of aryl methyl sites for hydroxylation is 1. The highest BCUT2D eigenvalue weighted by Crippen LogP contribution is 2.20. The average Bonchev–Trinajstić information content (AvgIpc) is 2.86. The molecule has 7 nitrogen and oxygen atoms in total. The van der Waals surface area contributed by atoms with Crippen LogP contribution in [0.5, 0.6) is 0 Å². The zero-order chi connectivity index (χ0) is 18.6. The first-order chi connectivity index (χ1) is 11.7. The maximum absolute atomic E-state index is 12.0. The molecule has 138 valence electrons. The SMILES string of the molecule is Cc1ccc(NC(=O)C(C)C)cc1NCC(=O)N[C@H]1CCS(=O)(=O)C1. The van der Waals surface area contributed by atoms with Gasteiger partial charge in [-0.25, -0.2) is 8.42 Å². The molecule has 0 spiro atoms. The third kappa shape index (κ3) is 5.74. The lowest BCUT2D eigenvalue weighted by molar-refractivity contribution is -0.120. The molecule has 0 aromatic heterocycles. The van der Waals surface area contributed by atoms with Crippen LogP contribution in [0.3, 0.4) is 0 Å². The van der Waals surface area contributed by atoms with Gasteiger partial charge in [-0.1, -0.05) is 19.9 Å². The molecule has 0 saturated carbocycles. The number of benzene rings is 1. The summed E-state index contributed by atoms with van der Waals surface area (Å²) in [5.41, 5.74) is 2.35. The van der Waals surface area contributed by atoms with Gasteiger partial charge in [-0.3, -0.25) is 9.59 Å². The zero-order valence-electron chi connectivity index (χ0n) is 14.8. The van der Waals surface area contributed by atoms with Crippen molar-refractivity contribution in [2.75, 3.05) is 28.7 Å². The van der Waals surface area contributed by atoms with Crippen molar-refractivity contribution in [3.05, 3.63) is 23.8 Å². The topological polar surface area (TPSA) is 104 Å². The van der Waals surface area contributed by atoms with Crippen LogP contribution in [0, 0.1) is 12.8 Å². The van der Waals surface area contributed by atoms with Gasteiger partial charge in [0.15, 0.2) is 9.84 Å². The van der Waals surface area contributed by atoms with Crippen LogP contribution in [0.15, 0.2) is 18.2 Å². The van der Waals surface area contributed by atoms with E-state index in [0.717, 1.165) is 11.3 Å². The molecule has 1 aromatic rings. The monoisotopic (exact) mass is 367 g/mol. The Hall–Kier alpha value is -2.09. The highest BCUT2D eigenvalue weighted by molar-refractivity contribution is 7.91. The van der Waals surface area contributed by atoms with Gasteiger partial charge in [-0.2, -0.15) is 0 Å². The number of hydrogen-bond acceptors (Lipinski definition) is 5. The highest BCUT2D eigenvalue weighted by atomic mass is 32.2. The summed E-state index contributed by atoms with van der Waals surface area (Å²) in [4.78, 5) is 23.8. The van der Waals surface area contributed by atoms with E-state index < -0.39 is 9.84 Å². The van der Waals surface area contributed by atoms with Gasteiger partial charge in [0.25, 0.3) is 0 Å². The molecule has 25 heavy (non-hydrogen) atoms. The molecular weight excluding hydrogens is 342 g/mol. The zero-order valence-corrected chi connectivity index (χ0v) is 15.6. The maximum atomic E-state index is 12.0. The van der Waals surface area contributed by atoms with E-state index in [-0.39, 0.29) is 41.8 Å². The summed E-state index contributed by atoms with van der Waals surface area (Å²) in [5.74, 6) is -0.310. The third-order valence-corrected chi connectivity index (χ3v) is 5.83. The van der Waals surface area contributed by atoms with Crippen molar-refractivity contribution in [2.45, 2.75) is 33.2 Å². The molecule has 1 heterocycles. The van der Waals surface area contributed by atoms with Crippen molar-refractivity contribution in [2.24, 2.45) is 5.92 Å². The third-order valence-electron chi connectivity index (χ3n) is 4.07. The second kappa shape index (κ2) is 7.86. The van der Waals surface area contributed by atoms with E-state index in [9.17, 15) is 18.0 Å². The van der Waals surface area contributed by atoms with Gasteiger partial charge in [-0.05, 0) is 31.0 Å². The summed E-state index contributed by atoms with van der Waals surface area (Å²) >= 11 is 0. The van der Waals surface area contributed by atoms with Crippen molar-refractivity contribution in [3.63, 3.8) is 0 Å². The minimum absolute atomic E-state index is 0.00842. The van der Waals surface area contributed by atoms with Gasteiger partial charge in [0, 0.05) is 23.3 Å². The van der Waals surface area contributed by atoms with E-state index >= 15 is 0 Å². The van der Waals surface area contributed by atoms with E-state index in [1.54, 1.807) is 6.07 Å². The maximum Gasteiger partial charge on any atom is 0.239 e. The summed E-state index contributed by atoms with van der Waals surface area (Å²) in [6.45, 7) is 5.57. The van der Waals surface area contributed by atoms with Crippen molar-refractivity contribution < 1.29 is 18.0 Å². The fraction of sp³-hybridized carbons (Fsp3) is 0.529. The molecule has 0 unspecified atom stereocenters. The quantitative estimate of drug-likeness (QED) is 0.703. The number of carbonyl (C=O) groups excluding carboxylic acids is 2. The molecule has 1 aliphatic rings. The lowest BCUT2D eigenvalue weighted by Gasteiger charge is -2.15. The first-order valence-corrected chi connectivity index (χ1v) is 10.1. The van der Waals surface area contributed by atoms with Crippen LogP contribution in [0.2, 0.25) is 0 Å². The molecule has 0 bridgehead atoms. The predicted molar refractivity (Wildman–Crippen MR) is 98.3 cm³/mol. The van der Waals surface area contributed by atoms with Gasteiger partial charge >= 0.3 is 0 Å². The number of anilines is 2. The van der Waals surface area contributed by atoms with Gasteiger partial charge in [-0.15, -0.1) is 0 Å². The first-order valence-electron chi connectivity index (χ1n) is 8.31. The Bertz CT molecular complexity index is 759. The van der Waals surface area contributed by atoms with E-state index in [2.05, 4.69) is 16.0 Å². The molecule has 1 fully saturated rings. The van der Waals surface area contributed by atoms with Crippen molar-refractivity contribution in [1.29, 1.82) is 0 Å². The summed E-state index contributed by atoms with van der Waals surface area (Å²) in [7, 11) is -3.01. The Morgan fingerprint density at radius 3 is 2.60 bits per heavy atom. The fourth-order valence-electron chi connectivity index (χ4n) is 2.54. The second-order valence-electron chi connectivity index (χ2n) is 6.69. The minimum Gasteiger partial charge on any atom is -0.376 e. The Morgan fingerprint density at radius 2 is 2.00 bits per heavy atom. The summed E-state index contributed by atoms with van der Waals surface area (Å²) in [5, 5.41) is 8.59. The fourth-order valence-corrected chi connectivity index (χ4v) is 4.21. The molecular formula is C17H25N3O4S. The Kier molecular flexibility index (Phi) is 6.05. The van der Waals surface area contributed by atoms with E-state index in [4.69, 9.17) is 0 Å². The molecule has 8 heteroatoms. The molecule has 1 aliphatic heterocycles. The number of rotatable bonds is 6. The van der Waals surface area contributed by atoms with Crippen LogP contribution in [0.4, 0.5) is 11.4 Å². The van der Waals surface area contributed by atoms with Crippen LogP contribution >= 0.6 is 0 Å². The van der Waals surface area contributed by atoms with Gasteiger partial charge < -0.3 is 16.0 Å². The van der Waals surface area contributed by atoms with Crippen molar-refractivity contribution >= 4 is 33.0 Å². The molecule has 2 amide bonds. The van der Waals surface area contributed by atoms with Crippen LogP contribution in [0.1, 0.15) is 25.8 Å². The molecule has 0 radical (unpaired) electrons. The standard InChI is InChI=1S/C17H25N3O4S/c1-11(2)17(22)20-13-5-4-12(3)15(8-13)18-9-16(21)19-14-6-7-25(23,24)10-14/h4-5,8,11,14,18H,6-7,9-10H2,1-3H3,(H,19,21)(H,20,22)/t14-/m0/s1. The van der Waals surface area contributed by atoms with E-state index in [0.29, 0.717) is 12.1 Å². The highest BCUT2D eigenvalue weighted by Gasteiger charge is 2.28. The van der Waals surface area contributed by atoms with Gasteiger partial charge in [0.2, 0.25) is 11.8 Å². The van der Waals surface area contributed by atoms with Crippen LogP contribution in [0.25, 0.3) is 0 Å². The number of hydrogen-bond donors (Lipinski definition) is 3. The summed E-state index contributed by atoms with van der Waals surface area (Å²) in [6, 6.07) is 5.14. The predicted octanol–water partition coefficient (Wildman–Crippen LogP) is 1.30. The smallest absolute Gasteiger partial charge is 0.239 e. The summed E-state index contributed by atoms with van der Waals surface area (Å²) in [6.07, 6.45) is 0.462. The average molecular weight is 367 g/mol. The van der Waals surface area contributed by atoms with E-state index in [1.807, 2.05) is 32.9 Å². The minimum atomic E-state index is -3.01. The number of carbonyl (C=O) groups is 2. The molecule has 2 rings (SSSR count). The first kappa shape index (κ1) is 19.2. The molecule has 3 N–H and O–H groups in total. The second-order valence-corrected chi connectivity index (χ2v) is 8.92. The number of sulfone groups is 1. The number of nitrogens with one attached hydrogen (secondary N) is 3. The molecule has 1 saturated heterocycles. The number of amides is 2. The Morgan fingerprint density at radius 1 is 1.28 bits per heavy atom. The lowest BCUT2D eigenvalue weighted by atomic mass is 10.1. The molecule has 0 aliphatic carbocycles. The molecule has 1 atom stereocenters. The Balaban J connectivity index is 1.91. The normalized spacial score (nSPS) is 18.8. The van der Waals surface area contributed by atoms with Crippen LogP contribution < -0.4 is 16.0 Å². The van der Waals surface area contributed by atoms with Crippen LogP contribution in [-0.4, -0.2) is 44.3 Å². The Labute approximate surface area is 148 Å². The van der Waals surface area contributed by atoms with Crippen molar-refractivity contribution in [3.8, 4) is 0 Å². The van der Waals surface area contributed by atoms with Gasteiger partial charge in [0.05, 0.1) is 18.1 Å².